The van der Waals surface area contributed by atoms with Crippen LogP contribution in [0.4, 0.5) is 5.69 Å². The predicted molar refractivity (Wildman–Crippen MR) is 70.4 cm³/mol. The molecule has 1 heterocycles. The molecule has 1 aromatic carbocycles. The molecule has 0 aromatic heterocycles. The van der Waals surface area contributed by atoms with Crippen molar-refractivity contribution in [1.82, 2.24) is 0 Å². The molecule has 0 radical (unpaired) electrons. The second-order valence-corrected chi connectivity index (χ2v) is 4.94. The smallest absolute Gasteiger partial charge is 0.338 e. The largest absolute Gasteiger partial charge is 0.478 e. The van der Waals surface area contributed by atoms with Crippen LogP contribution in [0.15, 0.2) is 18.2 Å². The monoisotopic (exact) mass is 263 g/mol. The van der Waals surface area contributed by atoms with Gasteiger partial charge in [0.05, 0.1) is 11.3 Å². The van der Waals surface area contributed by atoms with Crippen LogP contribution in [0.25, 0.3) is 0 Å². The molecular weight excluding hydrogens is 246 g/mol. The molecule has 0 saturated carbocycles. The number of carbonyl (C=O) groups excluding carboxylic acids is 1. The fourth-order valence-electron chi connectivity index (χ4n) is 2.27. The fraction of sp³-hybridized carbons (Fsp3) is 0.429. The summed E-state index contributed by atoms with van der Waals surface area (Å²) in [6, 6.07) is 5.01. The fourth-order valence-corrected chi connectivity index (χ4v) is 2.27. The number of hydrogen-bond donors (Lipinski definition) is 2. The minimum atomic E-state index is -1.05. The molecule has 0 aliphatic carbocycles. The number of ether oxygens (including phenoxy) is 1. The third kappa shape index (κ3) is 2.61. The summed E-state index contributed by atoms with van der Waals surface area (Å²) < 4.78 is 5.45. The lowest BCUT2D eigenvalue weighted by Gasteiger charge is -2.22. The molecule has 0 bridgehead atoms. The quantitative estimate of drug-likeness (QED) is 0.876. The maximum atomic E-state index is 12.2. The van der Waals surface area contributed by atoms with E-state index in [9.17, 15) is 14.7 Å². The third-order valence-electron chi connectivity index (χ3n) is 3.43. The summed E-state index contributed by atoms with van der Waals surface area (Å²) in [7, 11) is 0. The molecule has 1 fully saturated rings. The summed E-state index contributed by atoms with van der Waals surface area (Å²) in [5.41, 5.74) is 0.189. The maximum absolute atomic E-state index is 12.2. The first-order valence-electron chi connectivity index (χ1n) is 6.22. The van der Waals surface area contributed by atoms with Crippen molar-refractivity contribution in [3.63, 3.8) is 0 Å². The van der Waals surface area contributed by atoms with E-state index in [1.54, 1.807) is 32.0 Å². The molecule has 2 N–H and O–H groups in total. The standard InChI is InChI=1S/C14H17NO4/c1-9-5-3-6-10(11(9)12(16)17)15-13(18)14(2)7-4-8-19-14/h3,5-6H,4,7-8H2,1-2H3,(H,15,18)(H,16,17). The van der Waals surface area contributed by atoms with Gasteiger partial charge in [0, 0.05) is 6.61 Å². The zero-order chi connectivity index (χ0) is 14.0. The van der Waals surface area contributed by atoms with Gasteiger partial charge in [0.25, 0.3) is 5.91 Å². The van der Waals surface area contributed by atoms with Crippen LogP contribution in [-0.2, 0) is 9.53 Å². The zero-order valence-electron chi connectivity index (χ0n) is 11.0. The van der Waals surface area contributed by atoms with Crippen LogP contribution in [0.5, 0.6) is 0 Å². The predicted octanol–water partition coefficient (Wildman–Crippen LogP) is 2.20. The summed E-state index contributed by atoms with van der Waals surface area (Å²) in [4.78, 5) is 23.4. The van der Waals surface area contributed by atoms with E-state index in [0.717, 1.165) is 6.42 Å². The van der Waals surface area contributed by atoms with Crippen LogP contribution in [0.1, 0.15) is 35.7 Å². The highest BCUT2D eigenvalue weighted by Crippen LogP contribution is 2.28. The number of rotatable bonds is 3. The van der Waals surface area contributed by atoms with Crippen LogP contribution >= 0.6 is 0 Å². The van der Waals surface area contributed by atoms with Crippen molar-refractivity contribution < 1.29 is 19.4 Å². The summed E-state index contributed by atoms with van der Waals surface area (Å²) in [5, 5.41) is 11.9. The second kappa shape index (κ2) is 5.01. The maximum Gasteiger partial charge on any atom is 0.338 e. The number of hydrogen-bond acceptors (Lipinski definition) is 3. The van der Waals surface area contributed by atoms with Crippen molar-refractivity contribution in [1.29, 1.82) is 0 Å². The first kappa shape index (κ1) is 13.5. The van der Waals surface area contributed by atoms with E-state index < -0.39 is 11.6 Å². The van der Waals surface area contributed by atoms with Crippen molar-refractivity contribution in [2.45, 2.75) is 32.3 Å². The molecule has 19 heavy (non-hydrogen) atoms. The second-order valence-electron chi connectivity index (χ2n) is 4.94. The van der Waals surface area contributed by atoms with Gasteiger partial charge in [-0.05, 0) is 38.3 Å². The Hall–Kier alpha value is -1.88. The van der Waals surface area contributed by atoms with E-state index in [0.29, 0.717) is 24.3 Å². The number of nitrogens with one attached hydrogen (secondary N) is 1. The highest BCUT2D eigenvalue weighted by molar-refractivity contribution is 6.04. The van der Waals surface area contributed by atoms with Gasteiger partial charge < -0.3 is 15.2 Å². The van der Waals surface area contributed by atoms with E-state index in [4.69, 9.17) is 4.74 Å². The molecule has 1 atom stereocenters. The molecule has 1 aromatic rings. The molecule has 5 nitrogen and oxygen atoms in total. The Labute approximate surface area is 111 Å². The van der Waals surface area contributed by atoms with Gasteiger partial charge in [-0.1, -0.05) is 12.1 Å². The highest BCUT2D eigenvalue weighted by Gasteiger charge is 2.38. The van der Waals surface area contributed by atoms with Crippen LogP contribution in [0.2, 0.25) is 0 Å². The van der Waals surface area contributed by atoms with Crippen molar-refractivity contribution in [3.05, 3.63) is 29.3 Å². The zero-order valence-corrected chi connectivity index (χ0v) is 11.0. The number of benzene rings is 1. The van der Waals surface area contributed by atoms with E-state index >= 15 is 0 Å². The SMILES string of the molecule is Cc1cccc(NC(=O)C2(C)CCCO2)c1C(=O)O. The topological polar surface area (TPSA) is 75.6 Å². The van der Waals surface area contributed by atoms with Crippen LogP contribution in [-0.4, -0.2) is 29.2 Å². The number of carboxylic acids is 1. The minimum absolute atomic E-state index is 0.123. The number of aromatic carboxylic acids is 1. The first-order valence-corrected chi connectivity index (χ1v) is 6.22. The number of carboxylic acid groups (broad SMARTS) is 1. The van der Waals surface area contributed by atoms with Crippen LogP contribution < -0.4 is 5.32 Å². The number of anilines is 1. The van der Waals surface area contributed by atoms with E-state index in [-0.39, 0.29) is 11.5 Å². The van der Waals surface area contributed by atoms with Crippen LogP contribution in [0.3, 0.4) is 0 Å². The Bertz CT molecular complexity index is 518. The molecule has 102 valence electrons. The molecule has 1 unspecified atom stereocenters. The lowest BCUT2D eigenvalue weighted by molar-refractivity contribution is -0.133. The minimum Gasteiger partial charge on any atom is -0.478 e. The van der Waals surface area contributed by atoms with Gasteiger partial charge in [0.15, 0.2) is 0 Å². The van der Waals surface area contributed by atoms with Crippen molar-refractivity contribution in [2.75, 3.05) is 11.9 Å². The van der Waals surface area contributed by atoms with Gasteiger partial charge in [-0.25, -0.2) is 4.79 Å². The van der Waals surface area contributed by atoms with E-state index in [1.807, 2.05) is 0 Å². The number of carbonyl (C=O) groups is 2. The van der Waals surface area contributed by atoms with Gasteiger partial charge in [-0.15, -0.1) is 0 Å². The molecule has 1 aliphatic heterocycles. The van der Waals surface area contributed by atoms with Crippen molar-refractivity contribution >= 4 is 17.6 Å². The summed E-state index contributed by atoms with van der Waals surface area (Å²) >= 11 is 0. The van der Waals surface area contributed by atoms with Gasteiger partial charge in [-0.2, -0.15) is 0 Å². The average Bonchev–Trinajstić information content (AvgIpc) is 2.77. The lowest BCUT2D eigenvalue weighted by atomic mass is 10.0. The normalized spacial score (nSPS) is 22.2. The molecule has 1 saturated heterocycles. The molecular formula is C14H17NO4. The molecule has 1 aliphatic rings. The number of aryl methyl sites for hydroxylation is 1. The van der Waals surface area contributed by atoms with Gasteiger partial charge in [0.1, 0.15) is 5.60 Å². The first-order chi connectivity index (χ1) is 8.94. The van der Waals surface area contributed by atoms with Crippen molar-refractivity contribution in [3.8, 4) is 0 Å². The van der Waals surface area contributed by atoms with E-state index in [2.05, 4.69) is 5.32 Å². The Kier molecular flexibility index (Phi) is 3.57. The van der Waals surface area contributed by atoms with Gasteiger partial charge in [0.2, 0.25) is 0 Å². The van der Waals surface area contributed by atoms with E-state index in [1.165, 1.54) is 0 Å². The third-order valence-corrected chi connectivity index (χ3v) is 3.43. The lowest BCUT2D eigenvalue weighted by Crippen LogP contribution is -2.39. The molecule has 0 spiro atoms. The Morgan fingerprint density at radius 3 is 2.74 bits per heavy atom. The average molecular weight is 263 g/mol. The Morgan fingerprint density at radius 2 is 2.16 bits per heavy atom. The number of amides is 1. The van der Waals surface area contributed by atoms with Crippen LogP contribution in [0, 0.1) is 6.92 Å². The van der Waals surface area contributed by atoms with Gasteiger partial charge in [-0.3, -0.25) is 4.79 Å². The Balaban J connectivity index is 2.26. The molecule has 1 amide bonds. The summed E-state index contributed by atoms with van der Waals surface area (Å²) in [5.74, 6) is -1.34. The highest BCUT2D eigenvalue weighted by atomic mass is 16.5. The summed E-state index contributed by atoms with van der Waals surface area (Å²) in [6.07, 6.45) is 1.48. The summed E-state index contributed by atoms with van der Waals surface area (Å²) in [6.45, 7) is 3.99. The molecule has 2 rings (SSSR count). The molecule has 5 heteroatoms. The van der Waals surface area contributed by atoms with Gasteiger partial charge >= 0.3 is 5.97 Å². The Morgan fingerprint density at radius 1 is 1.42 bits per heavy atom. The van der Waals surface area contributed by atoms with Crippen molar-refractivity contribution in [2.24, 2.45) is 0 Å².